The maximum absolute atomic E-state index is 12.0. The first-order valence-corrected chi connectivity index (χ1v) is 7.51. The second-order valence-electron chi connectivity index (χ2n) is 3.62. The first kappa shape index (κ1) is 16.5. The van der Waals surface area contributed by atoms with Crippen LogP contribution in [0.1, 0.15) is 0 Å². The van der Waals surface area contributed by atoms with Gasteiger partial charge in [0, 0.05) is 0 Å². The van der Waals surface area contributed by atoms with Gasteiger partial charge in [-0.1, -0.05) is 6.07 Å². The lowest BCUT2D eigenvalue weighted by atomic mass is 10.4. The quantitative estimate of drug-likeness (QED) is 0.552. The molecule has 0 aliphatic rings. The van der Waals surface area contributed by atoms with Crippen LogP contribution >= 0.6 is 23.1 Å². The molecule has 6 nitrogen and oxygen atoms in total. The average Bonchev–Trinajstić information content (AvgIpc) is 2.96. The number of hydrogen-bond acceptors (Lipinski definition) is 7. The van der Waals surface area contributed by atoms with Crippen molar-refractivity contribution >= 4 is 40.9 Å². The molecule has 0 spiro atoms. The van der Waals surface area contributed by atoms with E-state index in [9.17, 15) is 14.4 Å². The number of thioether (sulfide) groups is 1. The van der Waals surface area contributed by atoms with Crippen molar-refractivity contribution in [2.75, 3.05) is 33.1 Å². The van der Waals surface area contributed by atoms with Gasteiger partial charge in [-0.25, -0.2) is 0 Å². The van der Waals surface area contributed by atoms with Crippen LogP contribution in [-0.4, -0.2) is 55.8 Å². The van der Waals surface area contributed by atoms with Crippen molar-refractivity contribution in [1.29, 1.82) is 0 Å². The molecule has 110 valence electrons. The third kappa shape index (κ3) is 5.62. The molecule has 0 fully saturated rings. The highest BCUT2D eigenvalue weighted by molar-refractivity contribution is 8.01. The molecule has 0 aliphatic heterocycles. The van der Waals surface area contributed by atoms with Crippen LogP contribution in [0.5, 0.6) is 0 Å². The predicted octanol–water partition coefficient (Wildman–Crippen LogP) is 1.01. The van der Waals surface area contributed by atoms with E-state index in [1.807, 2.05) is 17.5 Å². The fraction of sp³-hybridized carbons (Fsp3) is 0.417. The predicted molar refractivity (Wildman–Crippen MR) is 75.7 cm³/mol. The molecular weight excluding hydrogens is 302 g/mol. The van der Waals surface area contributed by atoms with Gasteiger partial charge in [0.15, 0.2) is 0 Å². The third-order valence-electron chi connectivity index (χ3n) is 2.28. The Bertz CT molecular complexity index is 442. The maximum Gasteiger partial charge on any atom is 0.325 e. The molecule has 8 heteroatoms. The molecule has 1 aromatic rings. The summed E-state index contributed by atoms with van der Waals surface area (Å²) >= 11 is 2.88. The van der Waals surface area contributed by atoms with E-state index in [0.717, 1.165) is 9.11 Å². The molecule has 0 unspecified atom stereocenters. The molecule has 0 saturated heterocycles. The lowest BCUT2D eigenvalue weighted by Gasteiger charge is -2.19. The number of carbonyl (C=O) groups is 3. The molecule has 1 aromatic heterocycles. The summed E-state index contributed by atoms with van der Waals surface area (Å²) in [5.41, 5.74) is 0. The highest BCUT2D eigenvalue weighted by Crippen LogP contribution is 2.23. The van der Waals surface area contributed by atoms with Crippen LogP contribution in [0.2, 0.25) is 0 Å². The molecule has 20 heavy (non-hydrogen) atoms. The fourth-order valence-electron chi connectivity index (χ4n) is 1.24. The normalized spacial score (nSPS) is 9.90. The number of thiophene rings is 1. The summed E-state index contributed by atoms with van der Waals surface area (Å²) in [5.74, 6) is -1.33. The van der Waals surface area contributed by atoms with Gasteiger partial charge < -0.3 is 14.4 Å². The van der Waals surface area contributed by atoms with Gasteiger partial charge in [-0.2, -0.15) is 0 Å². The van der Waals surface area contributed by atoms with Crippen LogP contribution < -0.4 is 0 Å². The molecule has 0 radical (unpaired) electrons. The number of esters is 2. The number of amides is 1. The monoisotopic (exact) mass is 317 g/mol. The van der Waals surface area contributed by atoms with Crippen LogP contribution in [0.3, 0.4) is 0 Å². The Morgan fingerprint density at radius 1 is 1.20 bits per heavy atom. The molecule has 0 atom stereocenters. The molecule has 0 N–H and O–H groups in total. The van der Waals surface area contributed by atoms with Gasteiger partial charge in [0.25, 0.3) is 0 Å². The van der Waals surface area contributed by atoms with Crippen LogP contribution in [0.25, 0.3) is 0 Å². The van der Waals surface area contributed by atoms with Crippen LogP contribution in [-0.2, 0) is 23.9 Å². The fourth-order valence-corrected chi connectivity index (χ4v) is 2.93. The van der Waals surface area contributed by atoms with E-state index < -0.39 is 11.9 Å². The smallest absolute Gasteiger partial charge is 0.325 e. The van der Waals surface area contributed by atoms with E-state index in [1.54, 1.807) is 0 Å². The summed E-state index contributed by atoms with van der Waals surface area (Å²) in [6.45, 7) is -0.537. The summed E-state index contributed by atoms with van der Waals surface area (Å²) in [6.07, 6.45) is 0. The highest BCUT2D eigenvalue weighted by Gasteiger charge is 2.21. The topological polar surface area (TPSA) is 72.9 Å². The van der Waals surface area contributed by atoms with Crippen molar-refractivity contribution in [1.82, 2.24) is 4.90 Å². The standard InChI is InChI=1S/C12H15NO5S2/c1-17-10(15)6-13(7-11(16)18-2)9(14)8-20-12-4-3-5-19-12/h3-5H,6-8H2,1-2H3. The van der Waals surface area contributed by atoms with Gasteiger partial charge in [0.2, 0.25) is 5.91 Å². The van der Waals surface area contributed by atoms with Crippen LogP contribution in [0, 0.1) is 0 Å². The second kappa shape index (κ2) is 8.60. The molecule has 0 aromatic carbocycles. The van der Waals surface area contributed by atoms with Crippen LogP contribution in [0.4, 0.5) is 0 Å². The first-order chi connectivity index (χ1) is 9.56. The summed E-state index contributed by atoms with van der Waals surface area (Å²) in [5, 5.41) is 1.91. The zero-order chi connectivity index (χ0) is 15.0. The van der Waals surface area contributed by atoms with E-state index in [0.29, 0.717) is 0 Å². The Labute approximate surface area is 125 Å². The van der Waals surface area contributed by atoms with Gasteiger partial charge in [-0.3, -0.25) is 14.4 Å². The van der Waals surface area contributed by atoms with Crippen molar-refractivity contribution in [2.45, 2.75) is 4.21 Å². The lowest BCUT2D eigenvalue weighted by molar-refractivity contribution is -0.151. The van der Waals surface area contributed by atoms with Gasteiger partial charge in [0.1, 0.15) is 13.1 Å². The van der Waals surface area contributed by atoms with Crippen molar-refractivity contribution in [3.05, 3.63) is 17.5 Å². The van der Waals surface area contributed by atoms with Crippen molar-refractivity contribution in [3.63, 3.8) is 0 Å². The summed E-state index contributed by atoms with van der Waals surface area (Å²) < 4.78 is 10.0. The molecule has 1 amide bonds. The van der Waals surface area contributed by atoms with Gasteiger partial charge in [-0.05, 0) is 11.4 Å². The molecular formula is C12H15NO5S2. The van der Waals surface area contributed by atoms with Crippen molar-refractivity contribution in [2.24, 2.45) is 0 Å². The highest BCUT2D eigenvalue weighted by atomic mass is 32.2. The average molecular weight is 317 g/mol. The number of nitrogens with zero attached hydrogens (tertiary/aromatic N) is 1. The number of ether oxygens (including phenoxy) is 2. The minimum atomic E-state index is -0.580. The summed E-state index contributed by atoms with van der Waals surface area (Å²) in [4.78, 5) is 35.7. The molecule has 0 saturated carbocycles. The molecule has 1 rings (SSSR count). The maximum atomic E-state index is 12.0. The number of hydrogen-bond donors (Lipinski definition) is 0. The Morgan fingerprint density at radius 3 is 2.25 bits per heavy atom. The van der Waals surface area contributed by atoms with E-state index in [4.69, 9.17) is 0 Å². The van der Waals surface area contributed by atoms with E-state index >= 15 is 0 Å². The van der Waals surface area contributed by atoms with E-state index in [1.165, 1.54) is 37.3 Å². The first-order valence-electron chi connectivity index (χ1n) is 5.64. The molecule has 1 heterocycles. The molecule has 0 bridgehead atoms. The van der Waals surface area contributed by atoms with Crippen LogP contribution in [0.15, 0.2) is 21.7 Å². The summed E-state index contributed by atoms with van der Waals surface area (Å²) in [7, 11) is 2.45. The van der Waals surface area contributed by atoms with Gasteiger partial charge >= 0.3 is 11.9 Å². The Kier molecular flexibility index (Phi) is 7.10. The third-order valence-corrected chi connectivity index (χ3v) is 4.40. The van der Waals surface area contributed by atoms with Crippen molar-refractivity contribution < 1.29 is 23.9 Å². The number of methoxy groups -OCH3 is 2. The minimum Gasteiger partial charge on any atom is -0.468 e. The van der Waals surface area contributed by atoms with E-state index in [2.05, 4.69) is 9.47 Å². The van der Waals surface area contributed by atoms with E-state index in [-0.39, 0.29) is 24.7 Å². The number of rotatable bonds is 7. The molecule has 0 aliphatic carbocycles. The Balaban J connectivity index is 2.57. The van der Waals surface area contributed by atoms with Gasteiger partial charge in [-0.15, -0.1) is 23.1 Å². The zero-order valence-corrected chi connectivity index (χ0v) is 12.8. The SMILES string of the molecule is COC(=O)CN(CC(=O)OC)C(=O)CSc1cccs1. The zero-order valence-electron chi connectivity index (χ0n) is 11.2. The Morgan fingerprint density at radius 2 is 1.80 bits per heavy atom. The van der Waals surface area contributed by atoms with Gasteiger partial charge in [0.05, 0.1) is 24.2 Å². The summed E-state index contributed by atoms with van der Waals surface area (Å²) in [6, 6.07) is 3.78. The Hall–Kier alpha value is -1.54. The number of carbonyl (C=O) groups excluding carboxylic acids is 3. The second-order valence-corrected chi connectivity index (χ2v) is 5.85. The minimum absolute atomic E-state index is 0.147. The van der Waals surface area contributed by atoms with Crippen molar-refractivity contribution in [3.8, 4) is 0 Å². The lowest BCUT2D eigenvalue weighted by Crippen LogP contribution is -2.41. The largest absolute Gasteiger partial charge is 0.468 e.